The van der Waals surface area contributed by atoms with Gasteiger partial charge < -0.3 is 5.73 Å². The zero-order chi connectivity index (χ0) is 11.2. The van der Waals surface area contributed by atoms with Gasteiger partial charge in [-0.1, -0.05) is 13.8 Å². The van der Waals surface area contributed by atoms with Crippen molar-refractivity contribution in [2.45, 2.75) is 20.3 Å². The molecule has 7 heteroatoms. The highest BCUT2D eigenvalue weighted by Crippen LogP contribution is 1.91. The summed E-state index contributed by atoms with van der Waals surface area (Å²) in [6.07, 6.45) is 0.739. The lowest BCUT2D eigenvalue weighted by Crippen LogP contribution is -2.41. The van der Waals surface area contributed by atoms with Gasteiger partial charge in [-0.15, -0.1) is 0 Å². The van der Waals surface area contributed by atoms with E-state index >= 15 is 0 Å². The fourth-order valence-electron chi connectivity index (χ4n) is 0.632. The Labute approximate surface area is 85.0 Å². The van der Waals surface area contributed by atoms with Gasteiger partial charge in [0.2, 0.25) is 0 Å². The molecule has 0 aliphatic heterocycles. The first-order valence-corrected chi connectivity index (χ1v) is 5.95. The molecule has 0 saturated carbocycles. The second kappa shape index (κ2) is 5.94. The van der Waals surface area contributed by atoms with Gasteiger partial charge in [0.1, 0.15) is 0 Å². The van der Waals surface area contributed by atoms with Crippen molar-refractivity contribution in [2.24, 2.45) is 11.7 Å². The number of nitrogens with one attached hydrogen (secondary N) is 3. The summed E-state index contributed by atoms with van der Waals surface area (Å²) in [5.74, 6) is -0.309. The standard InChI is InChI=1S/C7H18N4O2S/c1-3-4-10-14(12,13)11-5-6(2)7(8)9/h6,10-11H,3-5H2,1-2H3,(H3,8,9). The van der Waals surface area contributed by atoms with Gasteiger partial charge in [0, 0.05) is 19.0 Å². The molecule has 0 radical (unpaired) electrons. The van der Waals surface area contributed by atoms with E-state index < -0.39 is 10.2 Å². The molecule has 0 bridgehead atoms. The zero-order valence-corrected chi connectivity index (χ0v) is 9.32. The zero-order valence-electron chi connectivity index (χ0n) is 8.50. The topological polar surface area (TPSA) is 108 Å². The summed E-state index contributed by atoms with van der Waals surface area (Å²) in [6, 6.07) is 0. The molecule has 0 fully saturated rings. The molecule has 6 nitrogen and oxygen atoms in total. The van der Waals surface area contributed by atoms with Crippen molar-refractivity contribution < 1.29 is 8.42 Å². The van der Waals surface area contributed by atoms with Crippen molar-refractivity contribution in [1.29, 1.82) is 5.41 Å². The lowest BCUT2D eigenvalue weighted by molar-refractivity contribution is 0.559. The Kier molecular flexibility index (Phi) is 5.66. The second-order valence-electron chi connectivity index (χ2n) is 3.10. The second-order valence-corrected chi connectivity index (χ2v) is 4.69. The van der Waals surface area contributed by atoms with Crippen LogP contribution < -0.4 is 15.2 Å². The van der Waals surface area contributed by atoms with Gasteiger partial charge in [0.05, 0.1) is 5.84 Å². The van der Waals surface area contributed by atoms with Gasteiger partial charge in [0.15, 0.2) is 0 Å². The van der Waals surface area contributed by atoms with Gasteiger partial charge in [-0.2, -0.15) is 8.42 Å². The maximum absolute atomic E-state index is 11.2. The van der Waals surface area contributed by atoms with Crippen molar-refractivity contribution in [3.05, 3.63) is 0 Å². The van der Waals surface area contributed by atoms with Crippen LogP contribution in [-0.2, 0) is 10.2 Å². The Bertz CT molecular complexity index is 275. The van der Waals surface area contributed by atoms with Gasteiger partial charge in [-0.25, -0.2) is 9.44 Å². The van der Waals surface area contributed by atoms with Crippen LogP contribution in [0.25, 0.3) is 0 Å². The maximum Gasteiger partial charge on any atom is 0.276 e. The summed E-state index contributed by atoms with van der Waals surface area (Å²) in [6.45, 7) is 4.11. The smallest absolute Gasteiger partial charge is 0.276 e. The quantitative estimate of drug-likeness (QED) is 0.341. The molecule has 0 aromatic carbocycles. The summed E-state index contributed by atoms with van der Waals surface area (Å²) in [7, 11) is -3.42. The minimum atomic E-state index is -3.42. The number of hydrogen-bond donors (Lipinski definition) is 4. The van der Waals surface area contributed by atoms with E-state index in [4.69, 9.17) is 11.1 Å². The van der Waals surface area contributed by atoms with E-state index in [1.165, 1.54) is 0 Å². The molecule has 0 heterocycles. The minimum Gasteiger partial charge on any atom is -0.387 e. The van der Waals surface area contributed by atoms with Crippen LogP contribution in [0.3, 0.4) is 0 Å². The molecule has 0 aliphatic rings. The lowest BCUT2D eigenvalue weighted by atomic mass is 10.2. The Hall–Kier alpha value is -0.660. The van der Waals surface area contributed by atoms with Crippen LogP contribution in [0.1, 0.15) is 20.3 Å². The Balaban J connectivity index is 3.93. The lowest BCUT2D eigenvalue weighted by Gasteiger charge is -2.11. The molecule has 0 aromatic heterocycles. The highest BCUT2D eigenvalue weighted by atomic mass is 32.2. The van der Waals surface area contributed by atoms with E-state index in [0.29, 0.717) is 6.54 Å². The van der Waals surface area contributed by atoms with Crippen molar-refractivity contribution in [3.8, 4) is 0 Å². The van der Waals surface area contributed by atoms with Crippen molar-refractivity contribution in [3.63, 3.8) is 0 Å². The Morgan fingerprint density at radius 2 is 2.07 bits per heavy atom. The van der Waals surface area contributed by atoms with Gasteiger partial charge in [0.25, 0.3) is 10.2 Å². The first kappa shape index (κ1) is 13.3. The Morgan fingerprint density at radius 3 is 2.50 bits per heavy atom. The van der Waals surface area contributed by atoms with Crippen molar-refractivity contribution in [1.82, 2.24) is 9.44 Å². The molecule has 1 unspecified atom stereocenters. The molecule has 0 amide bonds. The monoisotopic (exact) mass is 222 g/mol. The number of hydrogen-bond acceptors (Lipinski definition) is 3. The van der Waals surface area contributed by atoms with Crippen LogP contribution in [0.4, 0.5) is 0 Å². The van der Waals surface area contributed by atoms with Crippen LogP contribution >= 0.6 is 0 Å². The first-order valence-electron chi connectivity index (χ1n) is 4.47. The molecular formula is C7H18N4O2S. The third-order valence-electron chi connectivity index (χ3n) is 1.65. The predicted molar refractivity (Wildman–Crippen MR) is 56.3 cm³/mol. The summed E-state index contributed by atoms with van der Waals surface area (Å²) >= 11 is 0. The molecule has 84 valence electrons. The summed E-state index contributed by atoms with van der Waals surface area (Å²) in [4.78, 5) is 0. The average Bonchev–Trinajstić information content (AvgIpc) is 2.11. The Morgan fingerprint density at radius 1 is 1.50 bits per heavy atom. The molecule has 1 atom stereocenters. The minimum absolute atomic E-state index is 0.0248. The van der Waals surface area contributed by atoms with E-state index in [0.717, 1.165) is 6.42 Å². The average molecular weight is 222 g/mol. The summed E-state index contributed by atoms with van der Waals surface area (Å²) in [5, 5.41) is 7.07. The molecule has 14 heavy (non-hydrogen) atoms. The maximum atomic E-state index is 11.2. The normalized spacial score (nSPS) is 13.9. The van der Waals surface area contributed by atoms with E-state index in [1.54, 1.807) is 6.92 Å². The van der Waals surface area contributed by atoms with E-state index in [-0.39, 0.29) is 18.3 Å². The van der Waals surface area contributed by atoms with Crippen molar-refractivity contribution in [2.75, 3.05) is 13.1 Å². The van der Waals surface area contributed by atoms with Crippen LogP contribution in [0, 0.1) is 11.3 Å². The predicted octanol–water partition coefficient (Wildman–Crippen LogP) is -0.608. The van der Waals surface area contributed by atoms with Gasteiger partial charge in [-0.3, -0.25) is 5.41 Å². The van der Waals surface area contributed by atoms with E-state index in [1.807, 2.05) is 6.92 Å². The van der Waals surface area contributed by atoms with E-state index in [9.17, 15) is 8.42 Å². The number of amidine groups is 1. The third kappa shape index (κ3) is 5.90. The third-order valence-corrected chi connectivity index (χ3v) is 2.78. The largest absolute Gasteiger partial charge is 0.387 e. The van der Waals surface area contributed by atoms with Gasteiger partial charge >= 0.3 is 0 Å². The van der Waals surface area contributed by atoms with Crippen LogP contribution in [0.15, 0.2) is 0 Å². The highest BCUT2D eigenvalue weighted by Gasteiger charge is 2.11. The molecule has 0 rings (SSSR count). The molecule has 0 aliphatic carbocycles. The number of rotatable bonds is 7. The highest BCUT2D eigenvalue weighted by molar-refractivity contribution is 7.87. The van der Waals surface area contributed by atoms with Gasteiger partial charge in [-0.05, 0) is 6.42 Å². The molecule has 0 aromatic rings. The molecule has 0 saturated heterocycles. The van der Waals surface area contributed by atoms with Crippen molar-refractivity contribution >= 4 is 16.0 Å². The summed E-state index contributed by atoms with van der Waals surface area (Å²) < 4.78 is 27.0. The molecule has 0 spiro atoms. The fraction of sp³-hybridized carbons (Fsp3) is 0.857. The molecular weight excluding hydrogens is 204 g/mol. The van der Waals surface area contributed by atoms with Crippen LogP contribution in [0.2, 0.25) is 0 Å². The van der Waals surface area contributed by atoms with E-state index in [2.05, 4.69) is 9.44 Å². The molecule has 5 N–H and O–H groups in total. The van der Waals surface area contributed by atoms with Crippen LogP contribution in [-0.4, -0.2) is 27.3 Å². The number of nitrogens with two attached hydrogens (primary N) is 1. The summed E-state index contributed by atoms with van der Waals surface area (Å²) in [5.41, 5.74) is 5.19. The van der Waals surface area contributed by atoms with Crippen LogP contribution in [0.5, 0.6) is 0 Å². The fourth-order valence-corrected chi connectivity index (χ4v) is 1.68. The SMILES string of the molecule is CCCNS(=O)(=O)NCC(C)C(=N)N. The first-order chi connectivity index (χ1) is 6.39.